The largest absolute Gasteiger partial charge is 0.368 e. The molecule has 1 saturated heterocycles. The number of aliphatic hydroxyl groups excluding tert-OH is 1. The van der Waals surface area contributed by atoms with E-state index in [4.69, 9.17) is 4.74 Å². The van der Waals surface area contributed by atoms with E-state index in [1.807, 2.05) is 0 Å². The van der Waals surface area contributed by atoms with Gasteiger partial charge in [-0.25, -0.2) is 0 Å². The summed E-state index contributed by atoms with van der Waals surface area (Å²) in [6, 6.07) is 0. The van der Waals surface area contributed by atoms with Crippen LogP contribution < -0.4 is 0 Å². The summed E-state index contributed by atoms with van der Waals surface area (Å²) in [5.74, 6) is 1.40. The van der Waals surface area contributed by atoms with Crippen LogP contribution in [0.15, 0.2) is 0 Å². The average molecular weight is 196 g/mol. The van der Waals surface area contributed by atoms with Crippen molar-refractivity contribution in [1.82, 2.24) is 0 Å². The van der Waals surface area contributed by atoms with Crippen molar-refractivity contribution >= 4 is 0 Å². The second-order valence-electron chi connectivity index (χ2n) is 6.20. The third-order valence-electron chi connectivity index (χ3n) is 5.68. The minimum atomic E-state index is -0.485. The van der Waals surface area contributed by atoms with Gasteiger partial charge in [0.05, 0.1) is 6.10 Å². The average Bonchev–Trinajstić information content (AvgIpc) is 2.59. The Hall–Kier alpha value is -0.0800. The van der Waals surface area contributed by atoms with Gasteiger partial charge in [0, 0.05) is 6.42 Å². The number of aliphatic hydroxyl groups is 1. The maximum Gasteiger partial charge on any atom is 0.155 e. The molecule has 0 radical (unpaired) electrons. The zero-order chi connectivity index (χ0) is 10.1. The van der Waals surface area contributed by atoms with Crippen LogP contribution in [0.25, 0.3) is 0 Å². The molecule has 3 fully saturated rings. The summed E-state index contributed by atoms with van der Waals surface area (Å²) in [6.07, 6.45) is 3.32. The van der Waals surface area contributed by atoms with Gasteiger partial charge in [-0.3, -0.25) is 0 Å². The van der Waals surface area contributed by atoms with E-state index in [-0.39, 0.29) is 0 Å². The molecule has 3 rings (SSSR count). The molecule has 2 bridgehead atoms. The summed E-state index contributed by atoms with van der Waals surface area (Å²) in [5, 5.41) is 9.56. The second-order valence-corrected chi connectivity index (χ2v) is 6.20. The Morgan fingerprint density at radius 2 is 2.00 bits per heavy atom. The molecule has 5 atom stereocenters. The van der Waals surface area contributed by atoms with Gasteiger partial charge >= 0.3 is 0 Å². The Morgan fingerprint density at radius 1 is 1.29 bits per heavy atom. The number of ether oxygens (including phenoxy) is 1. The van der Waals surface area contributed by atoms with Crippen LogP contribution in [-0.4, -0.2) is 17.5 Å². The van der Waals surface area contributed by atoms with E-state index < -0.39 is 6.29 Å². The Bertz CT molecular complexity index is 273. The van der Waals surface area contributed by atoms with E-state index in [0.717, 1.165) is 12.3 Å². The van der Waals surface area contributed by atoms with E-state index in [2.05, 4.69) is 20.8 Å². The summed E-state index contributed by atoms with van der Waals surface area (Å²) in [7, 11) is 0. The summed E-state index contributed by atoms with van der Waals surface area (Å²) >= 11 is 0. The molecule has 80 valence electrons. The molecule has 0 aromatic rings. The lowest BCUT2D eigenvalue weighted by molar-refractivity contribution is -0.134. The van der Waals surface area contributed by atoms with Crippen LogP contribution in [0, 0.1) is 22.7 Å². The maximum atomic E-state index is 9.56. The van der Waals surface area contributed by atoms with Crippen molar-refractivity contribution in [1.29, 1.82) is 0 Å². The van der Waals surface area contributed by atoms with Crippen molar-refractivity contribution < 1.29 is 9.84 Å². The van der Waals surface area contributed by atoms with Crippen molar-refractivity contribution in [2.24, 2.45) is 22.7 Å². The number of rotatable bonds is 0. The van der Waals surface area contributed by atoms with Crippen molar-refractivity contribution in [2.75, 3.05) is 0 Å². The Balaban J connectivity index is 2.02. The highest BCUT2D eigenvalue weighted by Crippen LogP contribution is 2.70. The van der Waals surface area contributed by atoms with Gasteiger partial charge in [-0.15, -0.1) is 0 Å². The minimum Gasteiger partial charge on any atom is -0.368 e. The van der Waals surface area contributed by atoms with Crippen LogP contribution in [0.1, 0.15) is 40.0 Å². The van der Waals surface area contributed by atoms with Crippen molar-refractivity contribution in [3.05, 3.63) is 0 Å². The van der Waals surface area contributed by atoms with Gasteiger partial charge < -0.3 is 9.84 Å². The van der Waals surface area contributed by atoms with E-state index in [1.165, 1.54) is 12.8 Å². The third-order valence-corrected chi connectivity index (χ3v) is 5.68. The molecule has 2 nitrogen and oxygen atoms in total. The highest BCUT2D eigenvalue weighted by atomic mass is 16.6. The van der Waals surface area contributed by atoms with E-state index in [1.54, 1.807) is 0 Å². The predicted octanol–water partition coefficient (Wildman–Crippen LogP) is 2.17. The summed E-state index contributed by atoms with van der Waals surface area (Å²) in [6.45, 7) is 7.13. The number of hydrogen-bond acceptors (Lipinski definition) is 2. The summed E-state index contributed by atoms with van der Waals surface area (Å²) in [4.78, 5) is 0. The van der Waals surface area contributed by atoms with Gasteiger partial charge in [-0.1, -0.05) is 20.8 Å². The summed E-state index contributed by atoms with van der Waals surface area (Å²) < 4.78 is 5.71. The molecule has 0 aromatic heterocycles. The van der Waals surface area contributed by atoms with Crippen molar-refractivity contribution in [2.45, 2.75) is 52.4 Å². The Labute approximate surface area is 85.6 Å². The lowest BCUT2D eigenvalue weighted by atomic mass is 9.70. The topological polar surface area (TPSA) is 29.5 Å². The molecular formula is C12H20O2. The van der Waals surface area contributed by atoms with Crippen molar-refractivity contribution in [3.63, 3.8) is 0 Å². The lowest BCUT2D eigenvalue weighted by Gasteiger charge is -2.38. The fourth-order valence-corrected chi connectivity index (χ4v) is 4.50. The summed E-state index contributed by atoms with van der Waals surface area (Å²) in [5.41, 5.74) is 0.711. The number of hydrogen-bond donors (Lipinski definition) is 1. The molecule has 0 aromatic carbocycles. The van der Waals surface area contributed by atoms with Gasteiger partial charge in [-0.05, 0) is 35.5 Å². The highest BCUT2D eigenvalue weighted by molar-refractivity contribution is 5.16. The standard InChI is InChI=1S/C12H20O2/c1-11(2)8-4-5-12(11,3)10-7(8)6-9(13)14-10/h7-10,13H,4-6H2,1-3H3/t7-,8+,9-,10-,12-/m1/s1. The van der Waals surface area contributed by atoms with Gasteiger partial charge in [-0.2, -0.15) is 0 Å². The van der Waals surface area contributed by atoms with Crippen LogP contribution in [0.2, 0.25) is 0 Å². The van der Waals surface area contributed by atoms with Crippen LogP contribution in [0.3, 0.4) is 0 Å². The number of fused-ring (bicyclic) bond motifs is 5. The molecule has 1 N–H and O–H groups in total. The molecular weight excluding hydrogens is 176 g/mol. The third kappa shape index (κ3) is 0.772. The Kier molecular flexibility index (Phi) is 1.54. The first kappa shape index (κ1) is 9.17. The SMILES string of the molecule is CC1(C)[C@H]2CC[C@]1(C)[C@@H]1O[C@@H](O)C[C@@H]12. The first-order chi connectivity index (χ1) is 6.47. The van der Waals surface area contributed by atoms with E-state index in [9.17, 15) is 5.11 Å². The van der Waals surface area contributed by atoms with Crippen LogP contribution in [0.5, 0.6) is 0 Å². The lowest BCUT2D eigenvalue weighted by Crippen LogP contribution is -2.37. The molecule has 2 saturated carbocycles. The molecule has 0 amide bonds. The quantitative estimate of drug-likeness (QED) is 0.643. The zero-order valence-corrected chi connectivity index (χ0v) is 9.29. The van der Waals surface area contributed by atoms with Crippen molar-refractivity contribution in [3.8, 4) is 0 Å². The maximum absolute atomic E-state index is 9.56. The molecule has 14 heavy (non-hydrogen) atoms. The second kappa shape index (κ2) is 2.35. The first-order valence-corrected chi connectivity index (χ1v) is 5.80. The predicted molar refractivity (Wildman–Crippen MR) is 53.6 cm³/mol. The molecule has 1 aliphatic heterocycles. The van der Waals surface area contributed by atoms with E-state index in [0.29, 0.717) is 22.9 Å². The monoisotopic (exact) mass is 196 g/mol. The molecule has 3 aliphatic rings. The normalized spacial score (nSPS) is 59.1. The van der Waals surface area contributed by atoms with Gasteiger partial charge in [0.2, 0.25) is 0 Å². The first-order valence-electron chi connectivity index (χ1n) is 5.80. The van der Waals surface area contributed by atoms with Crippen LogP contribution in [-0.2, 0) is 4.74 Å². The highest BCUT2D eigenvalue weighted by Gasteiger charge is 2.68. The smallest absolute Gasteiger partial charge is 0.155 e. The van der Waals surface area contributed by atoms with Gasteiger partial charge in [0.1, 0.15) is 0 Å². The Morgan fingerprint density at radius 3 is 2.64 bits per heavy atom. The fraction of sp³-hybridized carbons (Fsp3) is 1.00. The van der Waals surface area contributed by atoms with E-state index >= 15 is 0 Å². The molecule has 2 heteroatoms. The minimum absolute atomic E-state index is 0.305. The fourth-order valence-electron chi connectivity index (χ4n) is 4.50. The molecule has 1 heterocycles. The zero-order valence-electron chi connectivity index (χ0n) is 9.29. The molecule has 0 spiro atoms. The molecule has 2 aliphatic carbocycles. The van der Waals surface area contributed by atoms with Gasteiger partial charge in [0.25, 0.3) is 0 Å². The van der Waals surface area contributed by atoms with Crippen LogP contribution >= 0.6 is 0 Å². The molecule has 0 unspecified atom stereocenters. The van der Waals surface area contributed by atoms with Gasteiger partial charge in [0.15, 0.2) is 6.29 Å². The van der Waals surface area contributed by atoms with Crippen LogP contribution in [0.4, 0.5) is 0 Å².